The third-order valence-corrected chi connectivity index (χ3v) is 8.33. The number of nitrogens with two attached hydrogens (primary N) is 1. The average molecular weight is 506 g/mol. The predicted molar refractivity (Wildman–Crippen MR) is 142 cm³/mol. The summed E-state index contributed by atoms with van der Waals surface area (Å²) >= 11 is 0. The highest BCUT2D eigenvalue weighted by atomic mass is 19.1. The molecule has 8 heteroatoms. The number of nitrogens with one attached hydrogen (secondary N) is 2. The number of nitrogens with zero attached hydrogens (tertiary/aromatic N) is 2. The van der Waals surface area contributed by atoms with Crippen LogP contribution in [-0.2, 0) is 10.3 Å². The van der Waals surface area contributed by atoms with Gasteiger partial charge in [-0.1, -0.05) is 19.6 Å². The number of rotatable bonds is 6. The van der Waals surface area contributed by atoms with Gasteiger partial charge in [0.2, 0.25) is 5.91 Å². The minimum absolute atomic E-state index is 0.0321. The van der Waals surface area contributed by atoms with E-state index in [0.717, 1.165) is 43.0 Å². The fourth-order valence-corrected chi connectivity index (χ4v) is 5.89. The van der Waals surface area contributed by atoms with Gasteiger partial charge in [-0.05, 0) is 68.1 Å². The third-order valence-electron chi connectivity index (χ3n) is 8.33. The molecule has 0 aromatic heterocycles. The zero-order chi connectivity index (χ0) is 26.3. The van der Waals surface area contributed by atoms with Crippen LogP contribution >= 0.6 is 0 Å². The van der Waals surface area contributed by atoms with Crippen LogP contribution in [0.2, 0.25) is 0 Å². The Morgan fingerprint density at radius 3 is 2.76 bits per heavy atom. The topological polar surface area (TPSA) is 92.0 Å². The van der Waals surface area contributed by atoms with Crippen LogP contribution in [-0.4, -0.2) is 55.8 Å². The molecule has 37 heavy (non-hydrogen) atoms. The second kappa shape index (κ2) is 10.1. The van der Waals surface area contributed by atoms with Crippen molar-refractivity contribution < 1.29 is 13.9 Å². The lowest BCUT2D eigenvalue weighted by molar-refractivity contribution is -0.122. The van der Waals surface area contributed by atoms with E-state index < -0.39 is 11.6 Å². The highest BCUT2D eigenvalue weighted by molar-refractivity contribution is 6.06. The van der Waals surface area contributed by atoms with Crippen LogP contribution in [0.1, 0.15) is 39.2 Å². The number of carbonyl (C=O) groups excluding carboxylic acids is 1. The van der Waals surface area contributed by atoms with E-state index >= 15 is 0 Å². The summed E-state index contributed by atoms with van der Waals surface area (Å²) in [5.74, 6) is 0.837. The molecule has 5 rings (SSSR count). The SMILES string of the molecule is COc1cc2c(cc1F)C(C)(N1CC3CCNCC3C1)CC(C1=C=C=C(NC(=O)C(N)C(C)C)C=C1)=N2. The molecule has 196 valence electrons. The maximum absolute atomic E-state index is 14.9. The molecule has 1 aliphatic carbocycles. The molecule has 1 amide bonds. The zero-order valence-corrected chi connectivity index (χ0v) is 22.0. The number of hydrogen-bond donors (Lipinski definition) is 3. The van der Waals surface area contributed by atoms with Gasteiger partial charge in [0.05, 0.1) is 35.8 Å². The highest BCUT2D eigenvalue weighted by Crippen LogP contribution is 2.48. The summed E-state index contributed by atoms with van der Waals surface area (Å²) in [5.41, 5.74) is 15.5. The Balaban J connectivity index is 1.51. The van der Waals surface area contributed by atoms with Crippen molar-refractivity contribution in [1.82, 2.24) is 15.5 Å². The number of likely N-dealkylation sites (tertiary alicyclic amines) is 1. The lowest BCUT2D eigenvalue weighted by Gasteiger charge is -2.43. The van der Waals surface area contributed by atoms with Crippen LogP contribution in [0.3, 0.4) is 0 Å². The molecule has 0 bridgehead atoms. The minimum Gasteiger partial charge on any atom is -0.494 e. The Hall–Kier alpha value is -2.99. The van der Waals surface area contributed by atoms with Crippen molar-refractivity contribution in [3.05, 3.63) is 58.4 Å². The average Bonchev–Trinajstić information content (AvgIpc) is 3.34. The summed E-state index contributed by atoms with van der Waals surface area (Å²) in [7, 11) is 1.47. The Morgan fingerprint density at radius 1 is 1.30 bits per heavy atom. The second-order valence-corrected chi connectivity index (χ2v) is 11.1. The smallest absolute Gasteiger partial charge is 0.242 e. The Kier molecular flexibility index (Phi) is 6.97. The number of benzene rings is 1. The van der Waals surface area contributed by atoms with Crippen LogP contribution in [0.4, 0.5) is 10.1 Å². The van der Waals surface area contributed by atoms with Gasteiger partial charge in [-0.3, -0.25) is 14.7 Å². The first-order chi connectivity index (χ1) is 17.7. The van der Waals surface area contributed by atoms with Crippen LogP contribution < -0.4 is 21.1 Å². The van der Waals surface area contributed by atoms with Crippen molar-refractivity contribution in [2.45, 2.75) is 45.2 Å². The van der Waals surface area contributed by atoms with E-state index in [2.05, 4.69) is 33.9 Å². The van der Waals surface area contributed by atoms with Crippen LogP contribution in [0.5, 0.6) is 5.75 Å². The first-order valence-electron chi connectivity index (χ1n) is 13.1. The van der Waals surface area contributed by atoms with Gasteiger partial charge < -0.3 is 21.1 Å². The largest absolute Gasteiger partial charge is 0.494 e. The molecule has 1 aromatic rings. The van der Waals surface area contributed by atoms with Gasteiger partial charge in [0.25, 0.3) is 0 Å². The predicted octanol–water partition coefficient (Wildman–Crippen LogP) is 3.30. The van der Waals surface area contributed by atoms with Gasteiger partial charge >= 0.3 is 0 Å². The van der Waals surface area contributed by atoms with E-state index in [1.807, 2.05) is 19.9 Å². The van der Waals surface area contributed by atoms with Crippen LogP contribution in [0.25, 0.3) is 0 Å². The van der Waals surface area contributed by atoms with Gasteiger partial charge in [0.1, 0.15) is 0 Å². The second-order valence-electron chi connectivity index (χ2n) is 11.1. The summed E-state index contributed by atoms with van der Waals surface area (Å²) in [6.07, 6.45) is 5.48. The summed E-state index contributed by atoms with van der Waals surface area (Å²) < 4.78 is 20.2. The number of carbonyl (C=O) groups is 1. The van der Waals surface area contributed by atoms with E-state index in [-0.39, 0.29) is 23.4 Å². The number of piperidine rings is 1. The van der Waals surface area contributed by atoms with E-state index in [1.54, 1.807) is 18.2 Å². The molecule has 4 atom stereocenters. The number of aliphatic imine (C=N–C) groups is 1. The van der Waals surface area contributed by atoms with Gasteiger partial charge in [-0.2, -0.15) is 0 Å². The summed E-state index contributed by atoms with van der Waals surface area (Å²) in [6.45, 7) is 10.0. The quantitative estimate of drug-likeness (QED) is 0.516. The number of ether oxygens (including phenoxy) is 1. The van der Waals surface area contributed by atoms with E-state index in [4.69, 9.17) is 15.5 Å². The zero-order valence-electron chi connectivity index (χ0n) is 22.0. The van der Waals surface area contributed by atoms with E-state index in [0.29, 0.717) is 29.6 Å². The fourth-order valence-electron chi connectivity index (χ4n) is 5.89. The number of amides is 1. The lowest BCUT2D eigenvalue weighted by Crippen LogP contribution is -2.46. The van der Waals surface area contributed by atoms with Crippen molar-refractivity contribution in [2.24, 2.45) is 28.5 Å². The number of fused-ring (bicyclic) bond motifs is 2. The summed E-state index contributed by atoms with van der Waals surface area (Å²) in [6, 6.07) is 2.70. The van der Waals surface area contributed by atoms with Crippen LogP contribution in [0, 0.1) is 23.6 Å². The molecule has 0 spiro atoms. The molecule has 4 N–H and O–H groups in total. The van der Waals surface area contributed by atoms with Crippen molar-refractivity contribution in [1.29, 1.82) is 0 Å². The summed E-state index contributed by atoms with van der Waals surface area (Å²) in [5, 5.41) is 6.34. The first kappa shape index (κ1) is 25.7. The van der Waals surface area contributed by atoms with E-state index in [9.17, 15) is 9.18 Å². The molecule has 4 aliphatic rings. The summed E-state index contributed by atoms with van der Waals surface area (Å²) in [4.78, 5) is 19.8. The number of halogens is 1. The van der Waals surface area contributed by atoms with Gasteiger partial charge in [-0.15, -0.1) is 0 Å². The molecule has 2 fully saturated rings. The van der Waals surface area contributed by atoms with Gasteiger partial charge in [0, 0.05) is 36.7 Å². The molecular weight excluding hydrogens is 469 g/mol. The number of hydrogen-bond acceptors (Lipinski definition) is 6. The standard InChI is InChI=1S/C29H36FN5O2/c1-17(2)27(31)28(36)33-21-7-5-18(6-8-21)25-13-29(3,35-15-19-9-10-32-14-20(19)16-35)22-11-23(30)26(37-4)12-24(22)34-25/h5,7,11-12,17,19-20,27,32H,9-10,13-16,31H2,1-4H3,(H,33,36). The molecular formula is C29H36FN5O2. The molecule has 7 nitrogen and oxygen atoms in total. The molecule has 3 heterocycles. The Labute approximate surface area is 218 Å². The van der Waals surface area contributed by atoms with Crippen molar-refractivity contribution in [3.63, 3.8) is 0 Å². The van der Waals surface area contributed by atoms with E-state index in [1.165, 1.54) is 13.5 Å². The maximum atomic E-state index is 14.9. The van der Waals surface area contributed by atoms with Crippen LogP contribution in [0.15, 0.2) is 52.0 Å². The van der Waals surface area contributed by atoms with Gasteiger partial charge in [0.15, 0.2) is 11.6 Å². The third kappa shape index (κ3) is 4.84. The first-order valence-corrected chi connectivity index (χ1v) is 13.1. The van der Waals surface area contributed by atoms with Crippen molar-refractivity contribution in [3.8, 4) is 5.75 Å². The van der Waals surface area contributed by atoms with Crippen molar-refractivity contribution >= 4 is 17.3 Å². The Bertz CT molecular complexity index is 1260. The number of methoxy groups -OCH3 is 1. The minimum atomic E-state index is -0.595. The van der Waals surface area contributed by atoms with Crippen molar-refractivity contribution in [2.75, 3.05) is 33.3 Å². The monoisotopic (exact) mass is 505 g/mol. The molecule has 0 radical (unpaired) electrons. The lowest BCUT2D eigenvalue weighted by atomic mass is 9.79. The Morgan fingerprint density at radius 2 is 2.08 bits per heavy atom. The molecule has 2 saturated heterocycles. The highest BCUT2D eigenvalue weighted by Gasteiger charge is 2.46. The molecule has 1 aromatic carbocycles. The molecule has 4 unspecified atom stereocenters. The maximum Gasteiger partial charge on any atom is 0.242 e. The molecule has 0 saturated carbocycles. The normalized spacial score (nSPS) is 27.7. The molecule has 3 aliphatic heterocycles. The fraction of sp³-hybridized carbons (Fsp3) is 0.517. The number of allylic oxidation sites excluding steroid dienone is 3. The van der Waals surface area contributed by atoms with Gasteiger partial charge in [-0.25, -0.2) is 4.39 Å².